The smallest absolute Gasteiger partial charge is 0.147 e. The number of hydrogen-bond donors (Lipinski definition) is 0. The second kappa shape index (κ2) is 9.69. The van der Waals surface area contributed by atoms with E-state index in [0.717, 1.165) is 55.0 Å². The number of para-hydroxylation sites is 1. The molecule has 0 atom stereocenters. The average Bonchev–Trinajstić information content (AvgIpc) is 3.69. The molecule has 10 aromatic rings. The molecule has 0 amide bonds. The molecule has 0 aliphatic rings. The van der Waals surface area contributed by atoms with Crippen LogP contribution in [0.3, 0.4) is 0 Å². The first-order chi connectivity index (χ1) is 22.8. The lowest BCUT2D eigenvalue weighted by Crippen LogP contribution is -1.91. The third-order valence-corrected chi connectivity index (χ3v) is 9.46. The van der Waals surface area contributed by atoms with E-state index in [4.69, 9.17) is 8.83 Å². The van der Waals surface area contributed by atoms with E-state index < -0.39 is 0 Å². The first-order valence-corrected chi connectivity index (χ1v) is 15.7. The summed E-state index contributed by atoms with van der Waals surface area (Å²) >= 11 is 0. The minimum absolute atomic E-state index is 0.837. The zero-order valence-corrected chi connectivity index (χ0v) is 24.8. The van der Waals surface area contributed by atoms with Gasteiger partial charge >= 0.3 is 0 Å². The number of fused-ring (bicyclic) bond motifs is 9. The highest BCUT2D eigenvalue weighted by Gasteiger charge is 2.19. The quantitative estimate of drug-likeness (QED) is 0.193. The van der Waals surface area contributed by atoms with Gasteiger partial charge in [0.15, 0.2) is 0 Å². The lowest BCUT2D eigenvalue weighted by atomic mass is 9.85. The Hall–Kier alpha value is -6.12. The largest absolute Gasteiger partial charge is 0.456 e. The summed E-state index contributed by atoms with van der Waals surface area (Å²) in [6, 6.07) is 56.2. The Morgan fingerprint density at radius 1 is 0.283 bits per heavy atom. The van der Waals surface area contributed by atoms with Gasteiger partial charge in [-0.05, 0) is 91.3 Å². The topological polar surface area (TPSA) is 26.3 Å². The van der Waals surface area contributed by atoms with Gasteiger partial charge in [0.05, 0.1) is 5.39 Å². The minimum Gasteiger partial charge on any atom is -0.456 e. The Labute approximate surface area is 264 Å². The van der Waals surface area contributed by atoms with Crippen LogP contribution in [0.2, 0.25) is 0 Å². The van der Waals surface area contributed by atoms with Gasteiger partial charge in [0.2, 0.25) is 0 Å². The van der Waals surface area contributed by atoms with Crippen molar-refractivity contribution < 1.29 is 8.83 Å². The van der Waals surface area contributed by atoms with Crippen LogP contribution in [0.4, 0.5) is 0 Å². The van der Waals surface area contributed by atoms with Crippen LogP contribution >= 0.6 is 0 Å². The Morgan fingerprint density at radius 3 is 1.57 bits per heavy atom. The molecule has 10 rings (SSSR count). The lowest BCUT2D eigenvalue weighted by Gasteiger charge is -2.18. The standard InChI is InChI=1S/C44H26O2/c1-2-11-27(12-3-1)41-32-16-4-6-18-34(32)42(35-19-7-5-17-33(35)41)30-14-10-13-28(25-30)29-21-23-39-37(26-29)43-40(45-39)24-22-36-31-15-8-9-20-38(31)46-44(36)43/h1-26H. The SMILES string of the molecule is c1ccc(-c2c3ccccc3c(-c3cccc(-c4ccc5oc6ccc7c8ccccc8oc7c6c5c4)c3)c3ccccc23)cc1. The minimum atomic E-state index is 0.837. The highest BCUT2D eigenvalue weighted by atomic mass is 16.3. The van der Waals surface area contributed by atoms with E-state index in [0.29, 0.717) is 0 Å². The van der Waals surface area contributed by atoms with E-state index >= 15 is 0 Å². The Kier molecular flexibility index (Phi) is 5.31. The molecular weight excluding hydrogens is 560 g/mol. The Morgan fingerprint density at radius 2 is 0.826 bits per heavy atom. The summed E-state index contributed by atoms with van der Waals surface area (Å²) in [6.07, 6.45) is 0. The maximum Gasteiger partial charge on any atom is 0.147 e. The Balaban J connectivity index is 1.20. The molecule has 0 fully saturated rings. The van der Waals surface area contributed by atoms with Gasteiger partial charge in [-0.2, -0.15) is 0 Å². The maximum atomic E-state index is 6.42. The summed E-state index contributed by atoms with van der Waals surface area (Å²) in [6.45, 7) is 0. The summed E-state index contributed by atoms with van der Waals surface area (Å²) in [7, 11) is 0. The molecule has 0 aliphatic carbocycles. The summed E-state index contributed by atoms with van der Waals surface area (Å²) in [5.41, 5.74) is 10.7. The van der Waals surface area contributed by atoms with Crippen LogP contribution in [0.5, 0.6) is 0 Å². The second-order valence-electron chi connectivity index (χ2n) is 12.0. The van der Waals surface area contributed by atoms with Gasteiger partial charge in [-0.25, -0.2) is 0 Å². The van der Waals surface area contributed by atoms with Crippen LogP contribution in [0.1, 0.15) is 0 Å². The monoisotopic (exact) mass is 586 g/mol. The van der Waals surface area contributed by atoms with Gasteiger partial charge < -0.3 is 8.83 Å². The lowest BCUT2D eigenvalue weighted by molar-refractivity contribution is 0.663. The van der Waals surface area contributed by atoms with Crippen LogP contribution in [0, 0.1) is 0 Å². The molecule has 0 bridgehead atoms. The van der Waals surface area contributed by atoms with Crippen molar-refractivity contribution in [3.8, 4) is 33.4 Å². The van der Waals surface area contributed by atoms with E-state index in [1.807, 2.05) is 12.1 Å². The fourth-order valence-electron chi connectivity index (χ4n) is 7.43. The van der Waals surface area contributed by atoms with Crippen LogP contribution in [0.25, 0.3) is 98.8 Å². The van der Waals surface area contributed by atoms with Crippen molar-refractivity contribution in [2.45, 2.75) is 0 Å². The van der Waals surface area contributed by atoms with Gasteiger partial charge in [0.25, 0.3) is 0 Å². The van der Waals surface area contributed by atoms with Crippen molar-refractivity contribution in [3.05, 3.63) is 158 Å². The molecule has 8 aromatic carbocycles. The fourth-order valence-corrected chi connectivity index (χ4v) is 7.43. The second-order valence-corrected chi connectivity index (χ2v) is 12.0. The number of furan rings is 2. The molecule has 2 heterocycles. The number of rotatable bonds is 3. The zero-order chi connectivity index (χ0) is 30.2. The summed E-state index contributed by atoms with van der Waals surface area (Å²) in [5.74, 6) is 0. The van der Waals surface area contributed by atoms with Crippen LogP contribution in [-0.2, 0) is 0 Å². The molecule has 0 aliphatic heterocycles. The molecule has 0 radical (unpaired) electrons. The molecule has 214 valence electrons. The highest BCUT2D eigenvalue weighted by molar-refractivity contribution is 6.23. The van der Waals surface area contributed by atoms with Gasteiger partial charge in [-0.15, -0.1) is 0 Å². The van der Waals surface area contributed by atoms with Crippen molar-refractivity contribution in [1.82, 2.24) is 0 Å². The van der Waals surface area contributed by atoms with E-state index in [-0.39, 0.29) is 0 Å². The van der Waals surface area contributed by atoms with Gasteiger partial charge in [-0.3, -0.25) is 0 Å². The van der Waals surface area contributed by atoms with Crippen molar-refractivity contribution >= 4 is 65.4 Å². The summed E-state index contributed by atoms with van der Waals surface area (Å²) < 4.78 is 12.7. The summed E-state index contributed by atoms with van der Waals surface area (Å²) in [5, 5.41) is 9.33. The first kappa shape index (κ1) is 25.2. The van der Waals surface area contributed by atoms with E-state index in [2.05, 4.69) is 146 Å². The van der Waals surface area contributed by atoms with Crippen LogP contribution in [0.15, 0.2) is 167 Å². The third kappa shape index (κ3) is 3.65. The fraction of sp³-hybridized carbons (Fsp3) is 0. The molecule has 0 spiro atoms. The molecule has 2 nitrogen and oxygen atoms in total. The van der Waals surface area contributed by atoms with Gasteiger partial charge in [0, 0.05) is 16.2 Å². The zero-order valence-electron chi connectivity index (χ0n) is 24.8. The molecule has 2 heteroatoms. The Bertz CT molecular complexity index is 2740. The maximum absolute atomic E-state index is 6.42. The predicted octanol–water partition coefficient (Wildman–Crippen LogP) is 12.8. The molecule has 0 saturated carbocycles. The van der Waals surface area contributed by atoms with Crippen molar-refractivity contribution in [3.63, 3.8) is 0 Å². The van der Waals surface area contributed by atoms with Crippen molar-refractivity contribution in [2.24, 2.45) is 0 Å². The van der Waals surface area contributed by atoms with Gasteiger partial charge in [-0.1, -0.05) is 121 Å². The predicted molar refractivity (Wildman–Crippen MR) is 192 cm³/mol. The molecule has 2 aromatic heterocycles. The van der Waals surface area contributed by atoms with Crippen LogP contribution in [-0.4, -0.2) is 0 Å². The number of hydrogen-bond acceptors (Lipinski definition) is 2. The average molecular weight is 587 g/mol. The number of benzene rings is 8. The normalized spacial score (nSPS) is 11.9. The first-order valence-electron chi connectivity index (χ1n) is 15.7. The highest BCUT2D eigenvalue weighted by Crippen LogP contribution is 2.45. The summed E-state index contributed by atoms with van der Waals surface area (Å²) in [4.78, 5) is 0. The molecule has 0 N–H and O–H groups in total. The van der Waals surface area contributed by atoms with Crippen LogP contribution < -0.4 is 0 Å². The molecule has 46 heavy (non-hydrogen) atoms. The van der Waals surface area contributed by atoms with E-state index in [9.17, 15) is 0 Å². The van der Waals surface area contributed by atoms with Gasteiger partial charge in [0.1, 0.15) is 22.3 Å². The van der Waals surface area contributed by atoms with E-state index in [1.54, 1.807) is 0 Å². The molecule has 0 unspecified atom stereocenters. The molecule has 0 saturated heterocycles. The molecular formula is C44H26O2. The van der Waals surface area contributed by atoms with Crippen molar-refractivity contribution in [1.29, 1.82) is 0 Å². The van der Waals surface area contributed by atoms with E-state index in [1.165, 1.54) is 43.8 Å². The van der Waals surface area contributed by atoms with Crippen molar-refractivity contribution in [2.75, 3.05) is 0 Å². The third-order valence-electron chi connectivity index (χ3n) is 9.46.